The SMILES string of the molecule is O=C1CC=CCCC1=O. The fourth-order valence-corrected chi connectivity index (χ4v) is 0.776. The van der Waals surface area contributed by atoms with Crippen molar-refractivity contribution in [3.8, 4) is 0 Å². The molecule has 1 aliphatic rings. The van der Waals surface area contributed by atoms with Gasteiger partial charge in [-0.15, -0.1) is 0 Å². The Bertz CT molecular complexity index is 168. The number of hydrogen-bond donors (Lipinski definition) is 0. The molecule has 0 saturated carbocycles. The molecule has 0 unspecified atom stereocenters. The molecule has 0 aromatic rings. The molecular weight excluding hydrogens is 116 g/mol. The first-order valence-electron chi connectivity index (χ1n) is 3.02. The van der Waals surface area contributed by atoms with Crippen LogP contribution in [0.5, 0.6) is 0 Å². The fourth-order valence-electron chi connectivity index (χ4n) is 0.776. The van der Waals surface area contributed by atoms with E-state index in [1.807, 2.05) is 6.08 Å². The minimum atomic E-state index is -0.247. The van der Waals surface area contributed by atoms with Gasteiger partial charge in [0.2, 0.25) is 5.78 Å². The van der Waals surface area contributed by atoms with E-state index in [1.54, 1.807) is 6.08 Å². The Labute approximate surface area is 53.6 Å². The first-order valence-corrected chi connectivity index (χ1v) is 3.02. The Morgan fingerprint density at radius 3 is 2.67 bits per heavy atom. The van der Waals surface area contributed by atoms with Crippen molar-refractivity contribution in [2.45, 2.75) is 19.3 Å². The van der Waals surface area contributed by atoms with E-state index in [0.717, 1.165) is 6.42 Å². The van der Waals surface area contributed by atoms with Crippen molar-refractivity contribution in [1.82, 2.24) is 0 Å². The molecule has 0 bridgehead atoms. The van der Waals surface area contributed by atoms with Crippen LogP contribution in [0.4, 0.5) is 0 Å². The Morgan fingerprint density at radius 1 is 1.11 bits per heavy atom. The molecule has 0 amide bonds. The molecule has 9 heavy (non-hydrogen) atoms. The second-order valence-corrected chi connectivity index (χ2v) is 2.06. The molecule has 48 valence electrons. The summed E-state index contributed by atoms with van der Waals surface area (Å²) < 4.78 is 0. The minimum Gasteiger partial charge on any atom is -0.291 e. The highest BCUT2D eigenvalue weighted by Gasteiger charge is 2.12. The largest absolute Gasteiger partial charge is 0.291 e. The summed E-state index contributed by atoms with van der Waals surface area (Å²) >= 11 is 0. The number of allylic oxidation sites excluding steroid dienone is 2. The summed E-state index contributed by atoms with van der Waals surface area (Å²) in [5, 5.41) is 0. The lowest BCUT2D eigenvalue weighted by molar-refractivity contribution is -0.135. The molecule has 0 atom stereocenters. The maximum Gasteiger partial charge on any atom is 0.202 e. The Kier molecular flexibility index (Phi) is 1.78. The van der Waals surface area contributed by atoms with Crippen LogP contribution in [0.15, 0.2) is 12.2 Å². The van der Waals surface area contributed by atoms with E-state index in [4.69, 9.17) is 0 Å². The van der Waals surface area contributed by atoms with Crippen LogP contribution >= 0.6 is 0 Å². The highest BCUT2D eigenvalue weighted by molar-refractivity contribution is 6.37. The van der Waals surface area contributed by atoms with Crippen LogP contribution in [0.25, 0.3) is 0 Å². The molecule has 0 heterocycles. The van der Waals surface area contributed by atoms with Crippen LogP contribution in [-0.2, 0) is 9.59 Å². The monoisotopic (exact) mass is 124 g/mol. The lowest BCUT2D eigenvalue weighted by atomic mass is 10.2. The summed E-state index contributed by atoms with van der Waals surface area (Å²) in [6, 6.07) is 0. The lowest BCUT2D eigenvalue weighted by Crippen LogP contribution is -2.09. The Balaban J connectivity index is 2.63. The number of Topliss-reactive ketones (excluding diaryl/α,β-unsaturated/α-hetero) is 2. The summed E-state index contributed by atoms with van der Waals surface area (Å²) in [6.07, 6.45) is 5.06. The third-order valence-corrected chi connectivity index (χ3v) is 1.32. The zero-order valence-electron chi connectivity index (χ0n) is 5.09. The van der Waals surface area contributed by atoms with Gasteiger partial charge in [-0.2, -0.15) is 0 Å². The van der Waals surface area contributed by atoms with Crippen molar-refractivity contribution in [2.24, 2.45) is 0 Å². The van der Waals surface area contributed by atoms with E-state index < -0.39 is 0 Å². The zero-order chi connectivity index (χ0) is 6.69. The van der Waals surface area contributed by atoms with Gasteiger partial charge in [-0.25, -0.2) is 0 Å². The first-order chi connectivity index (χ1) is 4.30. The summed E-state index contributed by atoms with van der Waals surface area (Å²) in [6.45, 7) is 0. The number of hydrogen-bond acceptors (Lipinski definition) is 2. The molecule has 0 saturated heterocycles. The van der Waals surface area contributed by atoms with Gasteiger partial charge in [-0.05, 0) is 6.42 Å². The normalized spacial score (nSPS) is 20.0. The van der Waals surface area contributed by atoms with E-state index in [2.05, 4.69) is 0 Å². The van der Waals surface area contributed by atoms with Gasteiger partial charge < -0.3 is 0 Å². The van der Waals surface area contributed by atoms with Crippen LogP contribution in [0, 0.1) is 0 Å². The predicted octanol–water partition coefficient (Wildman–Crippen LogP) is 0.865. The summed E-state index contributed by atoms with van der Waals surface area (Å²) in [5.41, 5.74) is 0. The summed E-state index contributed by atoms with van der Waals surface area (Å²) in [7, 11) is 0. The molecule has 0 N–H and O–H groups in total. The van der Waals surface area contributed by atoms with Crippen LogP contribution in [0.3, 0.4) is 0 Å². The van der Waals surface area contributed by atoms with Crippen LogP contribution < -0.4 is 0 Å². The second-order valence-electron chi connectivity index (χ2n) is 2.06. The third kappa shape index (κ3) is 1.49. The van der Waals surface area contributed by atoms with Crippen molar-refractivity contribution in [3.05, 3.63) is 12.2 Å². The van der Waals surface area contributed by atoms with Gasteiger partial charge in [0.25, 0.3) is 0 Å². The van der Waals surface area contributed by atoms with E-state index in [9.17, 15) is 9.59 Å². The Hall–Kier alpha value is -0.920. The Morgan fingerprint density at radius 2 is 1.89 bits per heavy atom. The average Bonchev–Trinajstić information content (AvgIpc) is 1.99. The molecule has 0 spiro atoms. The molecule has 0 aromatic heterocycles. The topological polar surface area (TPSA) is 34.1 Å². The van der Waals surface area contributed by atoms with Gasteiger partial charge in [-0.1, -0.05) is 12.2 Å². The zero-order valence-corrected chi connectivity index (χ0v) is 5.09. The summed E-state index contributed by atoms with van der Waals surface area (Å²) in [5.74, 6) is -0.469. The number of ketones is 2. The van der Waals surface area contributed by atoms with Crippen molar-refractivity contribution in [3.63, 3.8) is 0 Å². The van der Waals surface area contributed by atoms with Crippen molar-refractivity contribution in [2.75, 3.05) is 0 Å². The van der Waals surface area contributed by atoms with Crippen molar-refractivity contribution >= 4 is 11.6 Å². The maximum atomic E-state index is 10.6. The van der Waals surface area contributed by atoms with Gasteiger partial charge in [0.05, 0.1) is 0 Å². The number of carbonyl (C=O) groups excluding carboxylic acids is 2. The molecule has 2 heteroatoms. The molecule has 0 radical (unpaired) electrons. The van der Waals surface area contributed by atoms with Crippen molar-refractivity contribution in [1.29, 1.82) is 0 Å². The minimum absolute atomic E-state index is 0.222. The summed E-state index contributed by atoms with van der Waals surface area (Å²) in [4.78, 5) is 21.2. The standard InChI is InChI=1S/C7H8O2/c8-6-4-2-1-3-5-7(6)9/h1-2H,3-5H2. The quantitative estimate of drug-likeness (QED) is 0.354. The average molecular weight is 124 g/mol. The van der Waals surface area contributed by atoms with Crippen LogP contribution in [0.1, 0.15) is 19.3 Å². The molecule has 1 aliphatic carbocycles. The van der Waals surface area contributed by atoms with E-state index in [1.165, 1.54) is 0 Å². The molecule has 0 aromatic carbocycles. The van der Waals surface area contributed by atoms with Crippen LogP contribution in [0.2, 0.25) is 0 Å². The molecule has 0 aliphatic heterocycles. The molecule has 1 rings (SSSR count). The fraction of sp³-hybridized carbons (Fsp3) is 0.429. The van der Waals surface area contributed by atoms with Gasteiger partial charge >= 0.3 is 0 Å². The highest BCUT2D eigenvalue weighted by Crippen LogP contribution is 2.02. The number of rotatable bonds is 0. The van der Waals surface area contributed by atoms with Gasteiger partial charge in [0.15, 0.2) is 5.78 Å². The molecule has 0 fully saturated rings. The molecular formula is C7H8O2. The molecule has 2 nitrogen and oxygen atoms in total. The van der Waals surface area contributed by atoms with E-state index in [0.29, 0.717) is 12.8 Å². The highest BCUT2D eigenvalue weighted by atomic mass is 16.2. The smallest absolute Gasteiger partial charge is 0.202 e. The lowest BCUT2D eigenvalue weighted by Gasteiger charge is -1.87. The number of carbonyl (C=O) groups is 2. The van der Waals surface area contributed by atoms with Crippen molar-refractivity contribution < 1.29 is 9.59 Å². The van der Waals surface area contributed by atoms with Gasteiger partial charge in [0.1, 0.15) is 0 Å². The van der Waals surface area contributed by atoms with E-state index in [-0.39, 0.29) is 11.6 Å². The third-order valence-electron chi connectivity index (χ3n) is 1.32. The van der Waals surface area contributed by atoms with Crippen LogP contribution in [-0.4, -0.2) is 11.6 Å². The van der Waals surface area contributed by atoms with Gasteiger partial charge in [0, 0.05) is 12.8 Å². The predicted molar refractivity (Wildman–Crippen MR) is 33.0 cm³/mol. The second kappa shape index (κ2) is 2.58. The first kappa shape index (κ1) is 6.20. The van der Waals surface area contributed by atoms with E-state index >= 15 is 0 Å². The van der Waals surface area contributed by atoms with Gasteiger partial charge in [-0.3, -0.25) is 9.59 Å². The maximum absolute atomic E-state index is 10.6.